The maximum absolute atomic E-state index is 12.3. The SMILES string of the molecule is O=C(CC1CCCC1)NC1CCC(C(=O)Nc2ncccc2O)CC1. The van der Waals surface area contributed by atoms with E-state index in [2.05, 4.69) is 15.6 Å². The Morgan fingerprint density at radius 2 is 1.84 bits per heavy atom. The second-order valence-corrected chi connectivity index (χ2v) is 7.33. The van der Waals surface area contributed by atoms with Gasteiger partial charge in [-0.15, -0.1) is 0 Å². The van der Waals surface area contributed by atoms with E-state index >= 15 is 0 Å². The molecule has 1 aromatic rings. The molecule has 6 nitrogen and oxygen atoms in total. The van der Waals surface area contributed by atoms with Crippen molar-refractivity contribution in [1.29, 1.82) is 0 Å². The van der Waals surface area contributed by atoms with E-state index in [1.807, 2.05) is 0 Å². The van der Waals surface area contributed by atoms with E-state index in [0.717, 1.165) is 25.7 Å². The fourth-order valence-electron chi connectivity index (χ4n) is 3.98. The van der Waals surface area contributed by atoms with Gasteiger partial charge in [0, 0.05) is 24.6 Å². The van der Waals surface area contributed by atoms with E-state index in [-0.39, 0.29) is 35.3 Å². The zero-order valence-electron chi connectivity index (χ0n) is 14.5. The Hall–Kier alpha value is -2.11. The molecule has 2 fully saturated rings. The van der Waals surface area contributed by atoms with Crippen LogP contribution in [-0.4, -0.2) is 27.9 Å². The number of aromatic nitrogens is 1. The van der Waals surface area contributed by atoms with Crippen LogP contribution in [0.25, 0.3) is 0 Å². The molecule has 2 saturated carbocycles. The van der Waals surface area contributed by atoms with Crippen molar-refractivity contribution in [2.24, 2.45) is 11.8 Å². The van der Waals surface area contributed by atoms with Gasteiger partial charge in [-0.05, 0) is 56.6 Å². The normalized spacial score (nSPS) is 24.0. The topological polar surface area (TPSA) is 91.3 Å². The van der Waals surface area contributed by atoms with Crippen molar-refractivity contribution >= 4 is 17.6 Å². The lowest BCUT2D eigenvalue weighted by atomic mass is 9.85. The van der Waals surface area contributed by atoms with Crippen LogP contribution in [0, 0.1) is 11.8 Å². The van der Waals surface area contributed by atoms with Crippen LogP contribution >= 0.6 is 0 Å². The molecule has 3 rings (SSSR count). The van der Waals surface area contributed by atoms with Crippen molar-refractivity contribution in [3.8, 4) is 5.75 Å². The highest BCUT2D eigenvalue weighted by atomic mass is 16.3. The number of hydrogen-bond acceptors (Lipinski definition) is 4. The monoisotopic (exact) mass is 345 g/mol. The number of nitrogens with zero attached hydrogens (tertiary/aromatic N) is 1. The molecule has 0 bridgehead atoms. The number of hydrogen-bond donors (Lipinski definition) is 3. The second kappa shape index (κ2) is 8.32. The average Bonchev–Trinajstić information content (AvgIpc) is 3.10. The molecule has 1 heterocycles. The number of anilines is 1. The largest absolute Gasteiger partial charge is 0.504 e. The van der Waals surface area contributed by atoms with Crippen LogP contribution in [0.15, 0.2) is 18.3 Å². The third-order valence-corrected chi connectivity index (χ3v) is 5.44. The molecule has 3 N–H and O–H groups in total. The molecule has 25 heavy (non-hydrogen) atoms. The molecular formula is C19H27N3O3. The maximum atomic E-state index is 12.3. The maximum Gasteiger partial charge on any atom is 0.228 e. The minimum Gasteiger partial charge on any atom is -0.504 e. The Morgan fingerprint density at radius 3 is 2.52 bits per heavy atom. The van der Waals surface area contributed by atoms with Crippen LogP contribution in [0.3, 0.4) is 0 Å². The summed E-state index contributed by atoms with van der Waals surface area (Å²) in [7, 11) is 0. The Balaban J connectivity index is 1.41. The summed E-state index contributed by atoms with van der Waals surface area (Å²) in [6, 6.07) is 3.30. The van der Waals surface area contributed by atoms with Crippen molar-refractivity contribution < 1.29 is 14.7 Å². The molecule has 2 amide bonds. The van der Waals surface area contributed by atoms with Gasteiger partial charge in [0.25, 0.3) is 0 Å². The fourth-order valence-corrected chi connectivity index (χ4v) is 3.98. The lowest BCUT2D eigenvalue weighted by Gasteiger charge is -2.28. The van der Waals surface area contributed by atoms with E-state index < -0.39 is 0 Å². The summed E-state index contributed by atoms with van der Waals surface area (Å²) >= 11 is 0. The molecule has 0 saturated heterocycles. The van der Waals surface area contributed by atoms with Crippen LogP contribution < -0.4 is 10.6 Å². The first kappa shape index (κ1) is 17.7. The first-order valence-electron chi connectivity index (χ1n) is 9.36. The summed E-state index contributed by atoms with van der Waals surface area (Å²) in [5.41, 5.74) is 0. The fraction of sp³-hybridized carbons (Fsp3) is 0.632. The van der Waals surface area contributed by atoms with Gasteiger partial charge in [-0.1, -0.05) is 12.8 Å². The summed E-state index contributed by atoms with van der Waals surface area (Å²) in [5.74, 6) is 0.712. The van der Waals surface area contributed by atoms with Gasteiger partial charge >= 0.3 is 0 Å². The minimum atomic E-state index is -0.107. The number of pyridine rings is 1. The van der Waals surface area contributed by atoms with Crippen molar-refractivity contribution in [2.75, 3.05) is 5.32 Å². The highest BCUT2D eigenvalue weighted by Crippen LogP contribution is 2.29. The molecule has 6 heteroatoms. The van der Waals surface area contributed by atoms with Gasteiger partial charge in [-0.2, -0.15) is 0 Å². The van der Waals surface area contributed by atoms with Gasteiger partial charge in [0.15, 0.2) is 11.6 Å². The van der Waals surface area contributed by atoms with Gasteiger partial charge in [-0.3, -0.25) is 9.59 Å². The van der Waals surface area contributed by atoms with Gasteiger partial charge in [-0.25, -0.2) is 4.98 Å². The molecule has 136 valence electrons. The quantitative estimate of drug-likeness (QED) is 0.765. The first-order chi connectivity index (χ1) is 12.1. The molecular weight excluding hydrogens is 318 g/mol. The first-order valence-corrected chi connectivity index (χ1v) is 9.36. The van der Waals surface area contributed by atoms with Gasteiger partial charge < -0.3 is 15.7 Å². The molecule has 0 aromatic carbocycles. The molecule has 0 aliphatic heterocycles. The van der Waals surface area contributed by atoms with Crippen LogP contribution in [0.2, 0.25) is 0 Å². The lowest BCUT2D eigenvalue weighted by molar-refractivity contribution is -0.123. The van der Waals surface area contributed by atoms with Gasteiger partial charge in [0.2, 0.25) is 11.8 Å². The number of amides is 2. The van der Waals surface area contributed by atoms with E-state index in [0.29, 0.717) is 12.3 Å². The molecule has 0 spiro atoms. The summed E-state index contributed by atoms with van der Waals surface area (Å²) in [4.78, 5) is 28.4. The molecule has 0 radical (unpaired) electrons. The highest BCUT2D eigenvalue weighted by Gasteiger charge is 2.28. The Morgan fingerprint density at radius 1 is 1.12 bits per heavy atom. The van der Waals surface area contributed by atoms with Gasteiger partial charge in [0.05, 0.1) is 0 Å². The van der Waals surface area contributed by atoms with Crippen LogP contribution in [0.5, 0.6) is 5.75 Å². The number of aromatic hydroxyl groups is 1. The number of carbonyl (C=O) groups excluding carboxylic acids is 2. The van der Waals surface area contributed by atoms with Crippen molar-refractivity contribution in [1.82, 2.24) is 10.3 Å². The average molecular weight is 345 g/mol. The summed E-state index contributed by atoms with van der Waals surface area (Å²) in [5, 5.41) is 15.5. The predicted molar refractivity (Wildman–Crippen MR) is 95.0 cm³/mol. The molecule has 1 aromatic heterocycles. The summed E-state index contributed by atoms with van der Waals surface area (Å²) < 4.78 is 0. The zero-order valence-corrected chi connectivity index (χ0v) is 14.5. The molecule has 2 aliphatic carbocycles. The van der Waals surface area contributed by atoms with E-state index in [1.54, 1.807) is 6.07 Å². The summed E-state index contributed by atoms with van der Waals surface area (Å²) in [6.45, 7) is 0. The van der Waals surface area contributed by atoms with Crippen molar-refractivity contribution in [3.05, 3.63) is 18.3 Å². The Kier molecular flexibility index (Phi) is 5.89. The highest BCUT2D eigenvalue weighted by molar-refractivity contribution is 5.92. The van der Waals surface area contributed by atoms with Crippen LogP contribution in [-0.2, 0) is 9.59 Å². The number of rotatable bonds is 5. The molecule has 0 unspecified atom stereocenters. The zero-order chi connectivity index (χ0) is 17.6. The number of carbonyl (C=O) groups is 2. The lowest BCUT2D eigenvalue weighted by Crippen LogP contribution is -2.40. The van der Waals surface area contributed by atoms with E-state index in [1.165, 1.54) is 37.9 Å². The molecule has 0 atom stereocenters. The van der Waals surface area contributed by atoms with Crippen LogP contribution in [0.1, 0.15) is 57.8 Å². The molecule has 2 aliphatic rings. The van der Waals surface area contributed by atoms with Crippen molar-refractivity contribution in [2.45, 2.75) is 63.8 Å². The van der Waals surface area contributed by atoms with E-state index in [4.69, 9.17) is 0 Å². The van der Waals surface area contributed by atoms with Crippen LogP contribution in [0.4, 0.5) is 5.82 Å². The second-order valence-electron chi connectivity index (χ2n) is 7.33. The smallest absolute Gasteiger partial charge is 0.228 e. The standard InChI is InChI=1S/C19H27N3O3/c23-16-6-3-11-20-18(16)22-19(25)14-7-9-15(10-8-14)21-17(24)12-13-4-1-2-5-13/h3,6,11,13-15,23H,1-2,4-5,7-10,12H2,(H,21,24)(H,20,22,25). The Labute approximate surface area is 148 Å². The Bertz CT molecular complexity index is 606. The summed E-state index contributed by atoms with van der Waals surface area (Å²) in [6.07, 6.45) is 10.2. The predicted octanol–water partition coefficient (Wildman–Crippen LogP) is 2.98. The van der Waals surface area contributed by atoms with Crippen molar-refractivity contribution in [3.63, 3.8) is 0 Å². The van der Waals surface area contributed by atoms with Gasteiger partial charge in [0.1, 0.15) is 0 Å². The third-order valence-electron chi connectivity index (χ3n) is 5.44. The minimum absolute atomic E-state index is 0.0243. The van der Waals surface area contributed by atoms with E-state index in [9.17, 15) is 14.7 Å². The number of nitrogens with one attached hydrogen (secondary N) is 2. The third kappa shape index (κ3) is 4.94.